The van der Waals surface area contributed by atoms with E-state index in [1.165, 1.54) is 18.3 Å². The number of carbonyl (C=O) groups excluding carboxylic acids is 1. The van der Waals surface area contributed by atoms with Gasteiger partial charge in [0.25, 0.3) is 0 Å². The van der Waals surface area contributed by atoms with E-state index in [0.29, 0.717) is 62.3 Å². The van der Waals surface area contributed by atoms with Gasteiger partial charge in [-0.15, -0.1) is 0 Å². The zero-order valence-electron chi connectivity index (χ0n) is 20.5. The van der Waals surface area contributed by atoms with E-state index in [0.717, 1.165) is 18.9 Å². The molecule has 0 aliphatic carbocycles. The van der Waals surface area contributed by atoms with E-state index in [-0.39, 0.29) is 22.8 Å². The van der Waals surface area contributed by atoms with Crippen molar-refractivity contribution in [1.29, 1.82) is 0 Å². The number of nitrogens with zero attached hydrogens (tertiary/aromatic N) is 3. The number of nitrogens with two attached hydrogens (primary N) is 1. The highest BCUT2D eigenvalue weighted by atomic mass is 19.4. The van der Waals surface area contributed by atoms with Crippen LogP contribution in [-0.2, 0) is 15.7 Å². The number of carbonyl (C=O) groups is 1. The fourth-order valence-corrected chi connectivity index (χ4v) is 4.71. The molecule has 5 rings (SSSR count). The monoisotopic (exact) mass is 528 g/mol. The molecule has 2 N–H and O–H groups in total. The fourth-order valence-electron chi connectivity index (χ4n) is 4.71. The second-order valence-electron chi connectivity index (χ2n) is 9.10. The molecule has 0 atom stereocenters. The lowest BCUT2D eigenvalue weighted by Crippen LogP contribution is -2.37. The van der Waals surface area contributed by atoms with Crippen LogP contribution in [0.4, 0.5) is 19.0 Å². The van der Waals surface area contributed by atoms with Crippen LogP contribution < -0.4 is 15.4 Å². The number of ether oxygens (including phenoxy) is 3. The summed E-state index contributed by atoms with van der Waals surface area (Å²) in [4.78, 5) is 23.2. The number of halogens is 3. The van der Waals surface area contributed by atoms with E-state index >= 15 is 0 Å². The van der Waals surface area contributed by atoms with Crippen LogP contribution >= 0.6 is 0 Å². The van der Waals surface area contributed by atoms with Crippen LogP contribution in [0, 0.1) is 0 Å². The summed E-state index contributed by atoms with van der Waals surface area (Å²) < 4.78 is 58.7. The number of pyridine rings is 2. The molecule has 3 aromatic rings. The van der Waals surface area contributed by atoms with E-state index in [4.69, 9.17) is 19.9 Å². The maximum atomic E-state index is 14.0. The zero-order valence-corrected chi connectivity index (χ0v) is 20.5. The minimum absolute atomic E-state index is 0.0158. The number of anilines is 1. The molecule has 4 heterocycles. The van der Waals surface area contributed by atoms with Crippen molar-refractivity contribution in [3.63, 3.8) is 0 Å². The van der Waals surface area contributed by atoms with Crippen LogP contribution in [0.25, 0.3) is 22.3 Å². The Balaban J connectivity index is 1.59. The molecule has 38 heavy (non-hydrogen) atoms. The Morgan fingerprint density at radius 3 is 2.34 bits per heavy atom. The molecular weight excluding hydrogens is 501 g/mol. The van der Waals surface area contributed by atoms with Crippen LogP contribution in [0.2, 0.25) is 0 Å². The quantitative estimate of drug-likeness (QED) is 0.509. The molecule has 8 nitrogen and oxygen atoms in total. The predicted molar refractivity (Wildman–Crippen MR) is 134 cm³/mol. The normalized spacial score (nSPS) is 16.9. The summed E-state index contributed by atoms with van der Waals surface area (Å²) in [6, 6.07) is 8.53. The number of morpholine rings is 1. The summed E-state index contributed by atoms with van der Waals surface area (Å²) in [5, 5.41) is 0. The largest absolute Gasteiger partial charge is 0.474 e. The van der Waals surface area contributed by atoms with Gasteiger partial charge >= 0.3 is 6.18 Å². The van der Waals surface area contributed by atoms with Crippen molar-refractivity contribution < 1.29 is 32.2 Å². The summed E-state index contributed by atoms with van der Waals surface area (Å²) in [7, 11) is 0. The number of benzene rings is 1. The van der Waals surface area contributed by atoms with Gasteiger partial charge in [0.2, 0.25) is 11.8 Å². The molecule has 0 spiro atoms. The standard InChI is InChI=1S/C27H27F3N4O4/c28-27(29,30)22-3-1-2-20(25(31)35)24(22)18-14-21(26(33-16-18)34-8-12-37-13-9-34)17-4-5-23(32-15-17)38-19-6-10-36-11-7-19/h1-5,14-16,19H,6-13H2,(H2,31,35). The topological polar surface area (TPSA) is 99.8 Å². The molecule has 2 saturated heterocycles. The van der Waals surface area contributed by atoms with Crippen LogP contribution in [0.15, 0.2) is 48.8 Å². The van der Waals surface area contributed by atoms with Crippen LogP contribution in [-0.4, -0.2) is 61.5 Å². The minimum atomic E-state index is -4.70. The molecule has 2 fully saturated rings. The Bertz CT molecular complexity index is 1290. The third-order valence-corrected chi connectivity index (χ3v) is 6.60. The SMILES string of the molecule is NC(=O)c1cccc(C(F)(F)F)c1-c1cnc(N2CCOCC2)c(-c2ccc(OC3CCOCC3)nc2)c1. The highest BCUT2D eigenvalue weighted by molar-refractivity contribution is 6.01. The average Bonchev–Trinajstić information content (AvgIpc) is 2.93. The predicted octanol–water partition coefficient (Wildman–Crippen LogP) is 4.32. The number of aromatic nitrogens is 2. The summed E-state index contributed by atoms with van der Waals surface area (Å²) in [6.07, 6.45) is -0.170. The molecule has 2 aromatic heterocycles. The molecule has 0 saturated carbocycles. The van der Waals surface area contributed by atoms with E-state index in [1.807, 2.05) is 4.90 Å². The second kappa shape index (κ2) is 11.0. The highest BCUT2D eigenvalue weighted by Gasteiger charge is 2.36. The van der Waals surface area contributed by atoms with Gasteiger partial charge < -0.3 is 24.8 Å². The van der Waals surface area contributed by atoms with Gasteiger partial charge in [0.1, 0.15) is 11.9 Å². The molecule has 11 heteroatoms. The van der Waals surface area contributed by atoms with E-state index < -0.39 is 17.6 Å². The highest BCUT2D eigenvalue weighted by Crippen LogP contribution is 2.41. The zero-order chi connectivity index (χ0) is 26.7. The number of primary amides is 1. The number of hydrogen-bond acceptors (Lipinski definition) is 7. The molecule has 2 aliphatic rings. The average molecular weight is 529 g/mol. The minimum Gasteiger partial charge on any atom is -0.474 e. The summed E-state index contributed by atoms with van der Waals surface area (Å²) in [5.41, 5.74) is 5.32. The second-order valence-corrected chi connectivity index (χ2v) is 9.10. The first-order valence-electron chi connectivity index (χ1n) is 12.3. The Morgan fingerprint density at radius 2 is 1.68 bits per heavy atom. The van der Waals surface area contributed by atoms with Gasteiger partial charge in [0, 0.05) is 72.2 Å². The maximum Gasteiger partial charge on any atom is 0.417 e. The van der Waals surface area contributed by atoms with Crippen LogP contribution in [0.1, 0.15) is 28.8 Å². The van der Waals surface area contributed by atoms with Gasteiger partial charge in [-0.2, -0.15) is 13.2 Å². The van der Waals surface area contributed by atoms with Gasteiger partial charge in [-0.1, -0.05) is 6.07 Å². The molecule has 200 valence electrons. The third kappa shape index (κ3) is 5.58. The van der Waals surface area contributed by atoms with Gasteiger partial charge in [0.15, 0.2) is 0 Å². The number of rotatable bonds is 6. The van der Waals surface area contributed by atoms with Crippen molar-refractivity contribution >= 4 is 11.7 Å². The molecule has 1 aromatic carbocycles. The van der Waals surface area contributed by atoms with Crippen molar-refractivity contribution in [2.45, 2.75) is 25.1 Å². The number of amides is 1. The van der Waals surface area contributed by atoms with Gasteiger partial charge in [-0.05, 0) is 24.3 Å². The molecular formula is C27H27F3N4O4. The summed E-state index contributed by atoms with van der Waals surface area (Å²) in [6.45, 7) is 3.42. The first-order chi connectivity index (χ1) is 18.3. The smallest absolute Gasteiger partial charge is 0.417 e. The molecule has 0 unspecified atom stereocenters. The van der Waals surface area contributed by atoms with E-state index in [9.17, 15) is 18.0 Å². The van der Waals surface area contributed by atoms with Gasteiger partial charge in [0.05, 0.1) is 32.0 Å². The van der Waals surface area contributed by atoms with Crippen molar-refractivity contribution in [3.05, 3.63) is 59.9 Å². The summed E-state index contributed by atoms with van der Waals surface area (Å²) >= 11 is 0. The Hall–Kier alpha value is -3.70. The number of alkyl halides is 3. The van der Waals surface area contributed by atoms with E-state index in [1.54, 1.807) is 24.4 Å². The van der Waals surface area contributed by atoms with Crippen LogP contribution in [0.3, 0.4) is 0 Å². The van der Waals surface area contributed by atoms with Crippen molar-refractivity contribution in [1.82, 2.24) is 9.97 Å². The molecule has 1 amide bonds. The first kappa shape index (κ1) is 25.9. The lowest BCUT2D eigenvalue weighted by atomic mass is 9.92. The Morgan fingerprint density at radius 1 is 0.974 bits per heavy atom. The molecule has 0 bridgehead atoms. The number of hydrogen-bond donors (Lipinski definition) is 1. The Labute approximate surface area is 217 Å². The van der Waals surface area contributed by atoms with Crippen molar-refractivity contribution in [3.8, 4) is 28.1 Å². The first-order valence-corrected chi connectivity index (χ1v) is 12.3. The Kier molecular flexibility index (Phi) is 7.48. The van der Waals surface area contributed by atoms with E-state index in [2.05, 4.69) is 9.97 Å². The molecule has 2 aliphatic heterocycles. The van der Waals surface area contributed by atoms with Gasteiger partial charge in [-0.3, -0.25) is 4.79 Å². The van der Waals surface area contributed by atoms with Gasteiger partial charge in [-0.25, -0.2) is 9.97 Å². The fraction of sp³-hybridized carbons (Fsp3) is 0.370. The molecule has 0 radical (unpaired) electrons. The van der Waals surface area contributed by atoms with Crippen molar-refractivity contribution in [2.75, 3.05) is 44.4 Å². The maximum absolute atomic E-state index is 14.0. The van der Waals surface area contributed by atoms with Crippen LogP contribution in [0.5, 0.6) is 5.88 Å². The third-order valence-electron chi connectivity index (χ3n) is 6.60. The lowest BCUT2D eigenvalue weighted by Gasteiger charge is -2.30. The lowest BCUT2D eigenvalue weighted by molar-refractivity contribution is -0.137. The summed E-state index contributed by atoms with van der Waals surface area (Å²) in [5.74, 6) is 0.0827. The van der Waals surface area contributed by atoms with Crippen molar-refractivity contribution in [2.24, 2.45) is 5.73 Å².